The van der Waals surface area contributed by atoms with Gasteiger partial charge >= 0.3 is 0 Å². The van der Waals surface area contributed by atoms with E-state index in [2.05, 4.69) is 40.1 Å². The Morgan fingerprint density at radius 1 is 1.06 bits per heavy atom. The molecule has 2 aromatic carbocycles. The summed E-state index contributed by atoms with van der Waals surface area (Å²) in [4.78, 5) is 32.2. The molecule has 0 bridgehead atoms. The van der Waals surface area contributed by atoms with E-state index >= 15 is 0 Å². The van der Waals surface area contributed by atoms with Crippen LogP contribution in [0.3, 0.4) is 0 Å². The van der Waals surface area contributed by atoms with Crippen molar-refractivity contribution in [1.29, 1.82) is 0 Å². The number of nitrogens with one attached hydrogen (secondary N) is 1. The number of rotatable bonds is 6. The minimum Gasteiger partial charge on any atom is -0.325 e. The normalized spacial score (nSPS) is 11.1. The molecule has 1 N–H and O–H groups in total. The number of hydrogen-bond acceptors (Lipinski definition) is 4. The second kappa shape index (κ2) is 9.16. The van der Waals surface area contributed by atoms with Gasteiger partial charge < -0.3 is 5.32 Å². The third kappa shape index (κ3) is 4.48. The van der Waals surface area contributed by atoms with E-state index in [9.17, 15) is 9.59 Å². The smallest absolute Gasteiger partial charge is 0.263 e. The topological polar surface area (TPSA) is 64.0 Å². The van der Waals surface area contributed by atoms with E-state index in [1.54, 1.807) is 0 Å². The Kier molecular flexibility index (Phi) is 6.34. The van der Waals surface area contributed by atoms with Crippen LogP contribution in [0.25, 0.3) is 21.3 Å². The fourth-order valence-corrected chi connectivity index (χ4v) is 4.89. The van der Waals surface area contributed by atoms with Crippen molar-refractivity contribution in [2.75, 3.05) is 5.32 Å². The zero-order valence-electron chi connectivity index (χ0n) is 17.3. The first-order valence-electron chi connectivity index (χ1n) is 10.2. The van der Waals surface area contributed by atoms with Gasteiger partial charge in [0, 0.05) is 20.6 Å². The number of aryl methyl sites for hydroxylation is 2. The average Bonchev–Trinajstić information content (AvgIpc) is 3.16. The van der Waals surface area contributed by atoms with Crippen LogP contribution in [0, 0.1) is 0 Å². The summed E-state index contributed by atoms with van der Waals surface area (Å²) in [5, 5.41) is 3.43. The molecule has 4 aromatic rings. The molecule has 0 spiro atoms. The Morgan fingerprint density at radius 3 is 2.42 bits per heavy atom. The van der Waals surface area contributed by atoms with Gasteiger partial charge in [0.05, 0.1) is 11.7 Å². The number of nitrogens with zero attached hydrogens (tertiary/aromatic N) is 2. The van der Waals surface area contributed by atoms with Gasteiger partial charge in [0.15, 0.2) is 0 Å². The molecule has 0 aliphatic heterocycles. The molecule has 0 aliphatic carbocycles. The highest BCUT2D eigenvalue weighted by Crippen LogP contribution is 2.36. The molecule has 7 heteroatoms. The number of amides is 1. The first-order chi connectivity index (χ1) is 15.0. The van der Waals surface area contributed by atoms with Crippen molar-refractivity contribution in [3.8, 4) is 11.1 Å². The van der Waals surface area contributed by atoms with E-state index in [1.165, 1.54) is 27.8 Å². The molecule has 31 heavy (non-hydrogen) atoms. The fraction of sp³-hybridized carbons (Fsp3) is 0.208. The maximum atomic E-state index is 13.3. The van der Waals surface area contributed by atoms with Crippen LogP contribution >= 0.6 is 27.3 Å². The molecule has 0 unspecified atom stereocenters. The number of halogens is 1. The summed E-state index contributed by atoms with van der Waals surface area (Å²) in [5.74, 6) is -0.261. The van der Waals surface area contributed by atoms with Crippen molar-refractivity contribution in [2.45, 2.75) is 33.2 Å². The van der Waals surface area contributed by atoms with E-state index < -0.39 is 0 Å². The molecule has 158 valence electrons. The fourth-order valence-electron chi connectivity index (χ4n) is 3.54. The molecule has 1 amide bonds. The second-order valence-corrected chi connectivity index (χ2v) is 9.22. The van der Waals surface area contributed by atoms with Crippen LogP contribution in [0.5, 0.6) is 0 Å². The summed E-state index contributed by atoms with van der Waals surface area (Å²) in [5.41, 5.74) is 3.60. The van der Waals surface area contributed by atoms with Crippen molar-refractivity contribution >= 4 is 49.1 Å². The molecule has 0 aliphatic rings. The molecule has 5 nitrogen and oxygen atoms in total. The highest BCUT2D eigenvalue weighted by molar-refractivity contribution is 9.10. The van der Waals surface area contributed by atoms with Gasteiger partial charge in [-0.15, -0.1) is 11.3 Å². The summed E-state index contributed by atoms with van der Waals surface area (Å²) in [7, 11) is 0. The van der Waals surface area contributed by atoms with Crippen LogP contribution < -0.4 is 10.9 Å². The second-order valence-electron chi connectivity index (χ2n) is 7.22. The number of benzene rings is 2. The molecule has 2 aromatic heterocycles. The third-order valence-electron chi connectivity index (χ3n) is 5.17. The molecule has 0 saturated carbocycles. The van der Waals surface area contributed by atoms with E-state index in [-0.39, 0.29) is 18.0 Å². The lowest BCUT2D eigenvalue weighted by atomic mass is 10.0. The van der Waals surface area contributed by atoms with Gasteiger partial charge in [-0.05, 0) is 48.2 Å². The third-order valence-corrected chi connectivity index (χ3v) is 6.94. The van der Waals surface area contributed by atoms with E-state index in [0.29, 0.717) is 15.9 Å². The molecule has 0 atom stereocenters. The number of carbonyl (C=O) groups is 1. The lowest BCUT2D eigenvalue weighted by Gasteiger charge is -2.09. The Hall–Kier alpha value is -2.77. The lowest BCUT2D eigenvalue weighted by Crippen LogP contribution is -2.27. The molecular weight excluding hydrogens is 474 g/mol. The molecule has 0 saturated heterocycles. The van der Waals surface area contributed by atoms with Gasteiger partial charge in [-0.25, -0.2) is 4.98 Å². The number of thiophene rings is 1. The molecule has 2 heterocycles. The van der Waals surface area contributed by atoms with Crippen LogP contribution in [0.1, 0.15) is 24.3 Å². The van der Waals surface area contributed by atoms with Gasteiger partial charge in [-0.3, -0.25) is 14.2 Å². The van der Waals surface area contributed by atoms with E-state index in [0.717, 1.165) is 33.3 Å². The Bertz CT molecular complexity index is 1290. The van der Waals surface area contributed by atoms with Crippen LogP contribution in [0.15, 0.2) is 64.1 Å². The summed E-state index contributed by atoms with van der Waals surface area (Å²) in [6.07, 6.45) is 3.21. The SMILES string of the molecule is CCc1ccc(NC(=O)Cn2cnc3sc(CC)c(-c4ccc(Br)cc4)c3c2=O)cc1. The monoisotopic (exact) mass is 495 g/mol. The zero-order chi connectivity index (χ0) is 22.0. The van der Waals surface area contributed by atoms with Crippen LogP contribution in [0.2, 0.25) is 0 Å². The summed E-state index contributed by atoms with van der Waals surface area (Å²) >= 11 is 5.00. The first kappa shape index (κ1) is 21.5. The standard InChI is InChI=1S/C24H22BrN3O2S/c1-3-15-5-11-18(12-6-15)27-20(29)13-28-14-26-23-22(24(28)30)21(19(4-2)31-23)16-7-9-17(25)10-8-16/h5-12,14H,3-4,13H2,1-2H3,(H,27,29). The maximum Gasteiger partial charge on any atom is 0.263 e. The minimum atomic E-state index is -0.261. The molecular formula is C24H22BrN3O2S. The van der Waals surface area contributed by atoms with E-state index in [1.807, 2.05) is 48.5 Å². The van der Waals surface area contributed by atoms with Crippen LogP contribution in [-0.2, 0) is 24.2 Å². The lowest BCUT2D eigenvalue weighted by molar-refractivity contribution is -0.116. The predicted molar refractivity (Wildman–Crippen MR) is 131 cm³/mol. The zero-order valence-corrected chi connectivity index (χ0v) is 19.7. The van der Waals surface area contributed by atoms with Crippen molar-refractivity contribution in [3.63, 3.8) is 0 Å². The molecule has 0 fully saturated rings. The minimum absolute atomic E-state index is 0.0889. The van der Waals surface area contributed by atoms with Crippen molar-refractivity contribution in [1.82, 2.24) is 9.55 Å². The van der Waals surface area contributed by atoms with Crippen molar-refractivity contribution in [3.05, 3.63) is 80.1 Å². The first-order valence-corrected chi connectivity index (χ1v) is 11.8. The Labute approximate surface area is 192 Å². The molecule has 0 radical (unpaired) electrons. The van der Waals surface area contributed by atoms with Crippen molar-refractivity contribution in [2.24, 2.45) is 0 Å². The Morgan fingerprint density at radius 2 is 1.77 bits per heavy atom. The maximum absolute atomic E-state index is 13.3. The van der Waals surface area contributed by atoms with E-state index in [4.69, 9.17) is 0 Å². The predicted octanol–water partition coefficient (Wildman–Crippen LogP) is 5.65. The average molecular weight is 496 g/mol. The number of hydrogen-bond donors (Lipinski definition) is 1. The highest BCUT2D eigenvalue weighted by atomic mass is 79.9. The number of aromatic nitrogens is 2. The van der Waals surface area contributed by atoms with Gasteiger partial charge in [-0.1, -0.05) is 54.0 Å². The summed E-state index contributed by atoms with van der Waals surface area (Å²) in [6.45, 7) is 4.07. The summed E-state index contributed by atoms with van der Waals surface area (Å²) in [6, 6.07) is 15.6. The highest BCUT2D eigenvalue weighted by Gasteiger charge is 2.19. The van der Waals surface area contributed by atoms with Gasteiger partial charge in [0.1, 0.15) is 11.4 Å². The van der Waals surface area contributed by atoms with Gasteiger partial charge in [0.2, 0.25) is 5.91 Å². The van der Waals surface area contributed by atoms with Crippen LogP contribution in [0.4, 0.5) is 5.69 Å². The molecule has 4 rings (SSSR count). The van der Waals surface area contributed by atoms with Gasteiger partial charge in [-0.2, -0.15) is 0 Å². The quantitative estimate of drug-likeness (QED) is 0.375. The van der Waals surface area contributed by atoms with Crippen LogP contribution in [-0.4, -0.2) is 15.5 Å². The van der Waals surface area contributed by atoms with Gasteiger partial charge in [0.25, 0.3) is 5.56 Å². The Balaban J connectivity index is 1.68. The number of fused-ring (bicyclic) bond motifs is 1. The number of carbonyl (C=O) groups excluding carboxylic acids is 1. The summed E-state index contributed by atoms with van der Waals surface area (Å²) < 4.78 is 2.36. The van der Waals surface area contributed by atoms with Crippen molar-refractivity contribution < 1.29 is 4.79 Å². The largest absolute Gasteiger partial charge is 0.325 e. The number of anilines is 1.